The Bertz CT molecular complexity index is 1160. The van der Waals surface area contributed by atoms with E-state index in [1.165, 1.54) is 4.90 Å². The van der Waals surface area contributed by atoms with Crippen LogP contribution in [0.1, 0.15) is 31.9 Å². The number of anilines is 1. The topological polar surface area (TPSA) is 66.9 Å². The van der Waals surface area contributed by atoms with Crippen LogP contribution in [0, 0.1) is 17.3 Å². The third-order valence-electron chi connectivity index (χ3n) is 7.00. The van der Waals surface area contributed by atoms with Crippen LogP contribution >= 0.6 is 0 Å². The van der Waals surface area contributed by atoms with E-state index in [4.69, 9.17) is 4.74 Å². The molecule has 2 saturated heterocycles. The highest BCUT2D eigenvalue weighted by molar-refractivity contribution is 6.11. The van der Waals surface area contributed by atoms with Crippen molar-refractivity contribution in [1.29, 1.82) is 0 Å². The molecule has 6 nitrogen and oxygen atoms in total. The number of nitrogens with zero attached hydrogens (tertiary/aromatic N) is 2. The molecule has 0 N–H and O–H groups in total. The maximum atomic E-state index is 13.7. The van der Waals surface area contributed by atoms with Crippen molar-refractivity contribution in [3.63, 3.8) is 0 Å². The Hall–Kier alpha value is -3.41. The summed E-state index contributed by atoms with van der Waals surface area (Å²) < 4.78 is 5.37. The highest BCUT2D eigenvalue weighted by Gasteiger charge is 2.64. The molecular weight excluding hydrogens is 416 g/mol. The lowest BCUT2D eigenvalue weighted by atomic mass is 9.79. The van der Waals surface area contributed by atoms with Crippen LogP contribution in [0.2, 0.25) is 0 Å². The second kappa shape index (κ2) is 7.58. The van der Waals surface area contributed by atoms with Gasteiger partial charge in [0.2, 0.25) is 11.8 Å². The number of likely N-dealkylation sites (tertiary alicyclic amines) is 1. The van der Waals surface area contributed by atoms with Gasteiger partial charge in [0.1, 0.15) is 11.8 Å². The molecule has 5 rings (SSSR count). The van der Waals surface area contributed by atoms with Gasteiger partial charge in [-0.15, -0.1) is 0 Å². The van der Waals surface area contributed by atoms with E-state index in [2.05, 4.69) is 0 Å². The Morgan fingerprint density at radius 1 is 1.00 bits per heavy atom. The van der Waals surface area contributed by atoms with Gasteiger partial charge in [0.05, 0.1) is 31.5 Å². The van der Waals surface area contributed by atoms with E-state index in [1.54, 1.807) is 7.11 Å². The van der Waals surface area contributed by atoms with Crippen molar-refractivity contribution in [1.82, 2.24) is 4.90 Å². The summed E-state index contributed by atoms with van der Waals surface area (Å²) in [6, 6.07) is 14.2. The van der Waals surface area contributed by atoms with Crippen LogP contribution in [-0.2, 0) is 20.9 Å². The Labute approximate surface area is 193 Å². The predicted molar refractivity (Wildman–Crippen MR) is 126 cm³/mol. The molecule has 3 heterocycles. The van der Waals surface area contributed by atoms with E-state index in [0.29, 0.717) is 0 Å². The lowest BCUT2D eigenvalue weighted by molar-refractivity contribution is -0.142. The molecule has 3 aliphatic rings. The van der Waals surface area contributed by atoms with E-state index < -0.39 is 23.3 Å². The number of rotatable bonds is 4. The van der Waals surface area contributed by atoms with Crippen LogP contribution in [0.5, 0.6) is 5.75 Å². The number of ketones is 1. The molecule has 0 aromatic heterocycles. The summed E-state index contributed by atoms with van der Waals surface area (Å²) in [4.78, 5) is 44.4. The number of benzene rings is 2. The highest BCUT2D eigenvalue weighted by atomic mass is 16.5. The number of hydrogen-bond acceptors (Lipinski definition) is 5. The minimum atomic E-state index is -0.700. The first-order valence-corrected chi connectivity index (χ1v) is 11.3. The van der Waals surface area contributed by atoms with E-state index in [0.717, 1.165) is 22.6 Å². The van der Waals surface area contributed by atoms with Crippen molar-refractivity contribution in [2.45, 2.75) is 39.4 Å². The molecule has 2 aromatic rings. The van der Waals surface area contributed by atoms with Crippen molar-refractivity contribution in [3.05, 3.63) is 65.7 Å². The van der Waals surface area contributed by atoms with Gasteiger partial charge >= 0.3 is 0 Å². The Morgan fingerprint density at radius 3 is 2.36 bits per heavy atom. The molecule has 0 spiro atoms. The van der Waals surface area contributed by atoms with Crippen molar-refractivity contribution in [2.24, 2.45) is 17.3 Å². The molecule has 0 unspecified atom stereocenters. The maximum absolute atomic E-state index is 13.7. The van der Waals surface area contributed by atoms with E-state index >= 15 is 0 Å². The summed E-state index contributed by atoms with van der Waals surface area (Å²) in [5, 5.41) is 0. The Morgan fingerprint density at radius 2 is 1.70 bits per heavy atom. The summed E-state index contributed by atoms with van der Waals surface area (Å²) in [5.41, 5.74) is 2.01. The maximum Gasteiger partial charge on any atom is 0.236 e. The largest absolute Gasteiger partial charge is 0.497 e. The number of carbonyl (C=O) groups is 3. The lowest BCUT2D eigenvalue weighted by Gasteiger charge is -2.38. The summed E-state index contributed by atoms with van der Waals surface area (Å²) in [6.07, 6.45) is 3.93. The fraction of sp³-hybridized carbons (Fsp3) is 0.370. The molecule has 0 saturated carbocycles. The fourth-order valence-corrected chi connectivity index (χ4v) is 5.41. The Balaban J connectivity index is 1.59. The number of fused-ring (bicyclic) bond motifs is 5. The van der Waals surface area contributed by atoms with Crippen molar-refractivity contribution >= 4 is 29.4 Å². The molecular formula is C27H28N2O4. The van der Waals surface area contributed by atoms with Crippen molar-refractivity contribution in [3.8, 4) is 5.75 Å². The molecule has 6 heteroatoms. The van der Waals surface area contributed by atoms with Crippen LogP contribution in [0.15, 0.2) is 54.6 Å². The summed E-state index contributed by atoms with van der Waals surface area (Å²) in [7, 11) is 1.61. The number of imide groups is 1. The van der Waals surface area contributed by atoms with Crippen molar-refractivity contribution < 1.29 is 19.1 Å². The number of Topliss-reactive ketones (excluding diaryl/α,β-unsaturated/α-hetero) is 1. The summed E-state index contributed by atoms with van der Waals surface area (Å²) in [6.45, 7) is 5.84. The van der Waals surface area contributed by atoms with Gasteiger partial charge in [-0.2, -0.15) is 0 Å². The molecule has 4 atom stereocenters. The van der Waals surface area contributed by atoms with Crippen LogP contribution in [0.4, 0.5) is 5.69 Å². The normalized spacial score (nSPS) is 25.7. The van der Waals surface area contributed by atoms with Gasteiger partial charge in [0.25, 0.3) is 0 Å². The van der Waals surface area contributed by atoms with Crippen LogP contribution in [0.25, 0.3) is 6.08 Å². The number of hydrogen-bond donors (Lipinski definition) is 0. The first-order valence-electron chi connectivity index (χ1n) is 11.3. The van der Waals surface area contributed by atoms with Gasteiger partial charge in [-0.1, -0.05) is 63.3 Å². The second-order valence-corrected chi connectivity index (χ2v) is 10.0. The zero-order valence-electron chi connectivity index (χ0n) is 19.3. The molecule has 0 radical (unpaired) electrons. The first-order chi connectivity index (χ1) is 15.7. The van der Waals surface area contributed by atoms with Crippen LogP contribution in [-0.4, -0.2) is 41.7 Å². The molecule has 33 heavy (non-hydrogen) atoms. The number of methoxy groups -OCH3 is 1. The highest BCUT2D eigenvalue weighted by Crippen LogP contribution is 2.50. The average Bonchev–Trinajstić information content (AvgIpc) is 3.26. The molecule has 3 aliphatic heterocycles. The minimum absolute atomic E-state index is 0.0280. The van der Waals surface area contributed by atoms with E-state index in [1.807, 2.05) is 86.4 Å². The van der Waals surface area contributed by atoms with Gasteiger partial charge < -0.3 is 9.64 Å². The third kappa shape index (κ3) is 3.27. The SMILES string of the molecule is COc1ccc2c(c1)C=C[C@@H]1[C@@H]3C(=O)N(Cc4ccccc4)C(=O)[C@@H]3[C@H](C(=O)C(C)(C)C)N21. The fourth-order valence-electron chi connectivity index (χ4n) is 5.41. The average molecular weight is 445 g/mol. The molecule has 0 bridgehead atoms. The molecule has 0 aliphatic carbocycles. The predicted octanol–water partition coefficient (Wildman–Crippen LogP) is 3.70. The van der Waals surface area contributed by atoms with E-state index in [9.17, 15) is 14.4 Å². The second-order valence-electron chi connectivity index (χ2n) is 10.0. The number of amides is 2. The molecule has 2 fully saturated rings. The zero-order chi connectivity index (χ0) is 23.5. The van der Waals surface area contributed by atoms with Gasteiger partial charge in [0, 0.05) is 16.7 Å². The smallest absolute Gasteiger partial charge is 0.236 e. The van der Waals surface area contributed by atoms with Gasteiger partial charge in [-0.05, 0) is 23.8 Å². The lowest BCUT2D eigenvalue weighted by Crippen LogP contribution is -2.51. The van der Waals surface area contributed by atoms with Gasteiger partial charge in [-0.3, -0.25) is 19.3 Å². The third-order valence-corrected chi connectivity index (χ3v) is 7.00. The standard InChI is InChI=1S/C27H28N2O4/c1-27(2,3)24(30)23-22-21(25(31)28(26(22)32)15-16-8-6-5-7-9-16)20-12-10-17-14-18(33-4)11-13-19(17)29(20)23/h5-14,20-23H,15H2,1-4H3/t20-,21+,22+,23-/m1/s1. The first kappa shape index (κ1) is 21.4. The summed E-state index contributed by atoms with van der Waals surface area (Å²) >= 11 is 0. The van der Waals surface area contributed by atoms with E-state index in [-0.39, 0.29) is 30.2 Å². The summed E-state index contributed by atoms with van der Waals surface area (Å²) in [5.74, 6) is -1.04. The Kier molecular flexibility index (Phi) is 4.92. The molecule has 2 aromatic carbocycles. The van der Waals surface area contributed by atoms with Crippen LogP contribution in [0.3, 0.4) is 0 Å². The van der Waals surface area contributed by atoms with Crippen LogP contribution < -0.4 is 9.64 Å². The molecule has 2 amide bonds. The quantitative estimate of drug-likeness (QED) is 0.673. The van der Waals surface area contributed by atoms with Gasteiger partial charge in [-0.25, -0.2) is 0 Å². The molecule has 170 valence electrons. The monoisotopic (exact) mass is 444 g/mol. The zero-order valence-corrected chi connectivity index (χ0v) is 19.3. The minimum Gasteiger partial charge on any atom is -0.497 e. The number of ether oxygens (including phenoxy) is 1. The number of carbonyl (C=O) groups excluding carboxylic acids is 3. The van der Waals surface area contributed by atoms with Gasteiger partial charge in [0.15, 0.2) is 5.78 Å². The van der Waals surface area contributed by atoms with Crippen molar-refractivity contribution in [2.75, 3.05) is 12.0 Å².